The lowest BCUT2D eigenvalue weighted by Crippen LogP contribution is -2.24. The molecule has 1 amide bonds. The monoisotopic (exact) mass is 233 g/mol. The van der Waals surface area contributed by atoms with Gasteiger partial charge in [-0.3, -0.25) is 4.79 Å². The van der Waals surface area contributed by atoms with E-state index in [1.165, 1.54) is 0 Å². The van der Waals surface area contributed by atoms with Crippen molar-refractivity contribution in [1.29, 1.82) is 0 Å². The van der Waals surface area contributed by atoms with Crippen molar-refractivity contribution >= 4 is 12.0 Å². The Balaban J connectivity index is 2.33. The van der Waals surface area contributed by atoms with Crippen LogP contribution in [0.25, 0.3) is 6.08 Å². The first kappa shape index (κ1) is 13.5. The van der Waals surface area contributed by atoms with E-state index in [1.807, 2.05) is 24.3 Å². The largest absolute Gasteiger partial charge is 0.385 e. The van der Waals surface area contributed by atoms with Gasteiger partial charge in [-0.25, -0.2) is 0 Å². The second-order valence-corrected chi connectivity index (χ2v) is 3.78. The van der Waals surface area contributed by atoms with Crippen LogP contribution in [0.4, 0.5) is 0 Å². The highest BCUT2D eigenvalue weighted by molar-refractivity contribution is 5.94. The number of nitrogens with one attached hydrogen (secondary N) is 1. The van der Waals surface area contributed by atoms with Gasteiger partial charge in [0.05, 0.1) is 0 Å². The number of hydrogen-bond donors (Lipinski definition) is 1. The molecule has 0 heterocycles. The van der Waals surface area contributed by atoms with E-state index >= 15 is 0 Å². The van der Waals surface area contributed by atoms with Gasteiger partial charge < -0.3 is 10.1 Å². The molecule has 0 aliphatic rings. The first-order chi connectivity index (χ1) is 8.27. The maximum absolute atomic E-state index is 11.7. The Labute approximate surface area is 102 Å². The summed E-state index contributed by atoms with van der Waals surface area (Å²) in [5, 5.41) is 2.88. The number of carbonyl (C=O) groups excluding carboxylic acids is 1. The Morgan fingerprint density at radius 3 is 2.65 bits per heavy atom. The summed E-state index contributed by atoms with van der Waals surface area (Å²) in [5.41, 5.74) is 1.70. The molecule has 92 valence electrons. The van der Waals surface area contributed by atoms with Crippen LogP contribution in [-0.4, -0.2) is 26.2 Å². The molecule has 0 saturated heterocycles. The molecule has 0 spiro atoms. The lowest BCUT2D eigenvalue weighted by Gasteiger charge is -2.05. The van der Waals surface area contributed by atoms with Gasteiger partial charge >= 0.3 is 0 Å². The van der Waals surface area contributed by atoms with Gasteiger partial charge in [0.15, 0.2) is 0 Å². The van der Waals surface area contributed by atoms with Crippen molar-refractivity contribution < 1.29 is 9.53 Å². The van der Waals surface area contributed by atoms with E-state index in [-0.39, 0.29) is 5.91 Å². The molecule has 0 aliphatic heterocycles. The van der Waals surface area contributed by atoms with Crippen LogP contribution in [0.2, 0.25) is 0 Å². The molecular formula is C14H19NO2. The van der Waals surface area contributed by atoms with Crippen LogP contribution >= 0.6 is 0 Å². The molecule has 17 heavy (non-hydrogen) atoms. The molecule has 0 unspecified atom stereocenters. The van der Waals surface area contributed by atoms with Gasteiger partial charge in [-0.05, 0) is 30.5 Å². The maximum atomic E-state index is 11.7. The Morgan fingerprint density at radius 2 is 2.06 bits per heavy atom. The number of hydrogen-bond acceptors (Lipinski definition) is 2. The molecule has 0 aromatic heterocycles. The smallest absolute Gasteiger partial charge is 0.251 e. The molecular weight excluding hydrogens is 214 g/mol. The van der Waals surface area contributed by atoms with E-state index < -0.39 is 0 Å². The van der Waals surface area contributed by atoms with Gasteiger partial charge in [-0.1, -0.05) is 24.8 Å². The van der Waals surface area contributed by atoms with Crippen molar-refractivity contribution in [2.45, 2.75) is 12.8 Å². The number of ether oxygens (including phenoxy) is 1. The fraction of sp³-hybridized carbons (Fsp3) is 0.357. The first-order valence-electron chi connectivity index (χ1n) is 5.77. The van der Waals surface area contributed by atoms with Gasteiger partial charge in [-0.2, -0.15) is 0 Å². The molecule has 1 N–H and O–H groups in total. The SMILES string of the molecule is C=Cc1ccc(C(=O)NCCCCOC)cc1. The number of unbranched alkanes of at least 4 members (excludes halogenated alkanes) is 1. The van der Waals surface area contributed by atoms with Crippen LogP contribution in [0, 0.1) is 0 Å². The van der Waals surface area contributed by atoms with E-state index in [1.54, 1.807) is 13.2 Å². The maximum Gasteiger partial charge on any atom is 0.251 e. The molecule has 0 aliphatic carbocycles. The third-order valence-corrected chi connectivity index (χ3v) is 2.47. The summed E-state index contributed by atoms with van der Waals surface area (Å²) in [6.07, 6.45) is 3.66. The van der Waals surface area contributed by atoms with Crippen LogP contribution in [-0.2, 0) is 4.74 Å². The van der Waals surface area contributed by atoms with Crippen LogP contribution < -0.4 is 5.32 Å². The normalized spacial score (nSPS) is 9.94. The zero-order valence-corrected chi connectivity index (χ0v) is 10.2. The quantitative estimate of drug-likeness (QED) is 0.735. The van der Waals surface area contributed by atoms with Gasteiger partial charge in [0.2, 0.25) is 0 Å². The molecule has 0 bridgehead atoms. The molecule has 3 heteroatoms. The second kappa shape index (κ2) is 7.63. The van der Waals surface area contributed by atoms with Gasteiger partial charge in [0, 0.05) is 25.8 Å². The molecule has 0 fully saturated rings. The highest BCUT2D eigenvalue weighted by atomic mass is 16.5. The minimum atomic E-state index is -0.0296. The predicted molar refractivity (Wildman–Crippen MR) is 70.0 cm³/mol. The number of rotatable bonds is 7. The standard InChI is InChI=1S/C14H19NO2/c1-3-12-6-8-13(9-7-12)14(16)15-10-4-5-11-17-2/h3,6-9H,1,4-5,10-11H2,2H3,(H,15,16). The Morgan fingerprint density at radius 1 is 1.35 bits per heavy atom. The molecule has 0 atom stereocenters. The average molecular weight is 233 g/mol. The Hall–Kier alpha value is -1.61. The van der Waals surface area contributed by atoms with Crippen LogP contribution in [0.5, 0.6) is 0 Å². The summed E-state index contributed by atoms with van der Waals surface area (Å²) >= 11 is 0. The van der Waals surface area contributed by atoms with E-state index in [4.69, 9.17) is 4.74 Å². The lowest BCUT2D eigenvalue weighted by molar-refractivity contribution is 0.0951. The van der Waals surface area contributed by atoms with Crippen molar-refractivity contribution in [1.82, 2.24) is 5.32 Å². The molecule has 0 saturated carbocycles. The second-order valence-electron chi connectivity index (χ2n) is 3.78. The lowest BCUT2D eigenvalue weighted by atomic mass is 10.1. The fourth-order valence-electron chi connectivity index (χ4n) is 1.45. The molecule has 1 aromatic carbocycles. The predicted octanol–water partition coefficient (Wildman–Crippen LogP) is 2.49. The minimum Gasteiger partial charge on any atom is -0.385 e. The van der Waals surface area contributed by atoms with Crippen LogP contribution in [0.3, 0.4) is 0 Å². The summed E-state index contributed by atoms with van der Waals surface area (Å²) in [7, 11) is 1.68. The number of methoxy groups -OCH3 is 1. The van der Waals surface area contributed by atoms with E-state index in [0.29, 0.717) is 12.1 Å². The van der Waals surface area contributed by atoms with Crippen molar-refractivity contribution in [2.75, 3.05) is 20.3 Å². The van der Waals surface area contributed by atoms with Gasteiger partial charge in [-0.15, -0.1) is 0 Å². The van der Waals surface area contributed by atoms with Crippen molar-refractivity contribution in [3.05, 3.63) is 42.0 Å². The number of carbonyl (C=O) groups is 1. The average Bonchev–Trinajstić information content (AvgIpc) is 2.38. The van der Waals surface area contributed by atoms with Crippen molar-refractivity contribution in [2.24, 2.45) is 0 Å². The third kappa shape index (κ3) is 4.83. The summed E-state index contributed by atoms with van der Waals surface area (Å²) in [4.78, 5) is 11.7. The molecule has 1 rings (SSSR count). The molecule has 3 nitrogen and oxygen atoms in total. The molecule has 0 radical (unpaired) electrons. The van der Waals surface area contributed by atoms with Crippen LogP contribution in [0.15, 0.2) is 30.8 Å². The van der Waals surface area contributed by atoms with E-state index in [9.17, 15) is 4.79 Å². The molecule has 1 aromatic rings. The number of amides is 1. The van der Waals surface area contributed by atoms with Gasteiger partial charge in [0.25, 0.3) is 5.91 Å². The summed E-state index contributed by atoms with van der Waals surface area (Å²) in [5.74, 6) is -0.0296. The van der Waals surface area contributed by atoms with E-state index in [2.05, 4.69) is 11.9 Å². The summed E-state index contributed by atoms with van der Waals surface area (Å²) in [6, 6.07) is 7.38. The van der Waals surface area contributed by atoms with Crippen molar-refractivity contribution in [3.8, 4) is 0 Å². The van der Waals surface area contributed by atoms with Crippen molar-refractivity contribution in [3.63, 3.8) is 0 Å². The van der Waals surface area contributed by atoms with Gasteiger partial charge in [0.1, 0.15) is 0 Å². The summed E-state index contributed by atoms with van der Waals surface area (Å²) in [6.45, 7) is 5.10. The highest BCUT2D eigenvalue weighted by Gasteiger charge is 2.03. The summed E-state index contributed by atoms with van der Waals surface area (Å²) < 4.78 is 4.94. The Bertz CT molecular complexity index is 357. The van der Waals surface area contributed by atoms with E-state index in [0.717, 1.165) is 25.0 Å². The van der Waals surface area contributed by atoms with Crippen LogP contribution in [0.1, 0.15) is 28.8 Å². The minimum absolute atomic E-state index is 0.0296. The third-order valence-electron chi connectivity index (χ3n) is 2.47. The fourth-order valence-corrected chi connectivity index (χ4v) is 1.45. The topological polar surface area (TPSA) is 38.3 Å². The zero-order chi connectivity index (χ0) is 12.5. The number of benzene rings is 1. The Kier molecular flexibility index (Phi) is 6.04. The highest BCUT2D eigenvalue weighted by Crippen LogP contribution is 2.05. The zero-order valence-electron chi connectivity index (χ0n) is 10.2. The first-order valence-corrected chi connectivity index (χ1v) is 5.77.